The number of nitrogens with zero attached hydrogens (tertiary/aromatic N) is 3. The monoisotopic (exact) mass is 226 g/mol. The standard InChI is InChI=1S/C13H14N4/c14-9-12-3-1-2-4-13(12)10-15-5-7-17-8-6-16-11-17/h1-4,6,8,11,15H,5,7,10H2. The Morgan fingerprint density at radius 3 is 3.00 bits per heavy atom. The van der Waals surface area contributed by atoms with Gasteiger partial charge in [-0.15, -0.1) is 0 Å². The maximum Gasteiger partial charge on any atom is 0.0995 e. The van der Waals surface area contributed by atoms with Crippen molar-refractivity contribution in [3.63, 3.8) is 0 Å². The van der Waals surface area contributed by atoms with Gasteiger partial charge in [-0.05, 0) is 11.6 Å². The van der Waals surface area contributed by atoms with Crippen LogP contribution in [0.5, 0.6) is 0 Å². The van der Waals surface area contributed by atoms with Gasteiger partial charge < -0.3 is 9.88 Å². The van der Waals surface area contributed by atoms with Crippen LogP contribution in [0.4, 0.5) is 0 Å². The number of nitrogens with one attached hydrogen (secondary N) is 1. The quantitative estimate of drug-likeness (QED) is 0.787. The largest absolute Gasteiger partial charge is 0.336 e. The number of rotatable bonds is 5. The predicted octanol–water partition coefficient (Wildman–Crippen LogP) is 1.54. The van der Waals surface area contributed by atoms with Gasteiger partial charge in [0.1, 0.15) is 0 Å². The van der Waals surface area contributed by atoms with Crippen LogP contribution >= 0.6 is 0 Å². The number of benzene rings is 1. The van der Waals surface area contributed by atoms with E-state index in [9.17, 15) is 0 Å². The van der Waals surface area contributed by atoms with E-state index in [1.54, 1.807) is 12.5 Å². The Morgan fingerprint density at radius 1 is 1.35 bits per heavy atom. The Hall–Kier alpha value is -2.12. The summed E-state index contributed by atoms with van der Waals surface area (Å²) in [6.07, 6.45) is 5.50. The highest BCUT2D eigenvalue weighted by molar-refractivity contribution is 5.37. The molecule has 0 radical (unpaired) electrons. The molecule has 1 N–H and O–H groups in total. The van der Waals surface area contributed by atoms with E-state index in [1.807, 2.05) is 35.0 Å². The number of hydrogen-bond donors (Lipinski definition) is 1. The number of hydrogen-bond acceptors (Lipinski definition) is 3. The third-order valence-corrected chi connectivity index (χ3v) is 2.56. The van der Waals surface area contributed by atoms with Crippen molar-refractivity contribution in [3.8, 4) is 6.07 Å². The molecular formula is C13H14N4. The van der Waals surface area contributed by atoms with E-state index in [2.05, 4.69) is 16.4 Å². The Kier molecular flexibility index (Phi) is 3.90. The van der Waals surface area contributed by atoms with E-state index in [0.29, 0.717) is 0 Å². The Bertz CT molecular complexity index is 496. The molecule has 2 aromatic rings. The molecule has 0 unspecified atom stereocenters. The van der Waals surface area contributed by atoms with Crippen LogP contribution in [0.2, 0.25) is 0 Å². The molecule has 0 bridgehead atoms. The highest BCUT2D eigenvalue weighted by Gasteiger charge is 1.99. The molecule has 1 heterocycles. The summed E-state index contributed by atoms with van der Waals surface area (Å²) >= 11 is 0. The van der Waals surface area contributed by atoms with Crippen molar-refractivity contribution < 1.29 is 0 Å². The molecule has 0 aliphatic heterocycles. The number of imidazole rings is 1. The number of nitriles is 1. The fourth-order valence-electron chi connectivity index (χ4n) is 1.63. The first-order valence-corrected chi connectivity index (χ1v) is 5.54. The average molecular weight is 226 g/mol. The minimum atomic E-state index is 0.721. The van der Waals surface area contributed by atoms with Gasteiger partial charge in [-0.25, -0.2) is 4.98 Å². The fraction of sp³-hybridized carbons (Fsp3) is 0.231. The Morgan fingerprint density at radius 2 is 2.24 bits per heavy atom. The van der Waals surface area contributed by atoms with E-state index in [4.69, 9.17) is 5.26 Å². The topological polar surface area (TPSA) is 53.6 Å². The van der Waals surface area contributed by atoms with Gasteiger partial charge in [0.15, 0.2) is 0 Å². The highest BCUT2D eigenvalue weighted by Crippen LogP contribution is 2.06. The van der Waals surface area contributed by atoms with Gasteiger partial charge in [0, 0.05) is 32.0 Å². The average Bonchev–Trinajstić information content (AvgIpc) is 2.88. The second kappa shape index (κ2) is 5.83. The molecular weight excluding hydrogens is 212 g/mol. The molecule has 0 spiro atoms. The molecule has 0 amide bonds. The first kappa shape index (κ1) is 11.4. The van der Waals surface area contributed by atoms with Crippen molar-refractivity contribution in [2.45, 2.75) is 13.1 Å². The molecule has 0 saturated carbocycles. The second-order valence-electron chi connectivity index (χ2n) is 3.75. The summed E-state index contributed by atoms with van der Waals surface area (Å²) in [5, 5.41) is 12.2. The fourth-order valence-corrected chi connectivity index (χ4v) is 1.63. The summed E-state index contributed by atoms with van der Waals surface area (Å²) in [6.45, 7) is 2.46. The third kappa shape index (κ3) is 3.16. The molecule has 0 atom stereocenters. The van der Waals surface area contributed by atoms with Crippen molar-refractivity contribution >= 4 is 0 Å². The van der Waals surface area contributed by atoms with Crippen LogP contribution in [0.25, 0.3) is 0 Å². The highest BCUT2D eigenvalue weighted by atomic mass is 15.0. The Balaban J connectivity index is 1.80. The van der Waals surface area contributed by atoms with Crippen LogP contribution in [0.15, 0.2) is 43.0 Å². The van der Waals surface area contributed by atoms with Crippen molar-refractivity contribution in [2.24, 2.45) is 0 Å². The van der Waals surface area contributed by atoms with Crippen LogP contribution in [-0.2, 0) is 13.1 Å². The maximum atomic E-state index is 8.94. The van der Waals surface area contributed by atoms with Crippen LogP contribution < -0.4 is 5.32 Å². The molecule has 2 rings (SSSR count). The summed E-state index contributed by atoms with van der Waals surface area (Å²) in [6, 6.07) is 9.84. The minimum absolute atomic E-state index is 0.721. The molecule has 0 fully saturated rings. The molecule has 17 heavy (non-hydrogen) atoms. The summed E-state index contributed by atoms with van der Waals surface area (Å²) in [4.78, 5) is 3.98. The van der Waals surface area contributed by atoms with E-state index < -0.39 is 0 Å². The lowest BCUT2D eigenvalue weighted by molar-refractivity contribution is 0.597. The molecule has 86 valence electrons. The van der Waals surface area contributed by atoms with Crippen LogP contribution in [0.1, 0.15) is 11.1 Å². The van der Waals surface area contributed by atoms with Crippen LogP contribution in [-0.4, -0.2) is 16.1 Å². The van der Waals surface area contributed by atoms with Gasteiger partial charge >= 0.3 is 0 Å². The molecule has 0 aliphatic carbocycles. The smallest absolute Gasteiger partial charge is 0.0995 e. The van der Waals surface area contributed by atoms with Crippen LogP contribution in [0, 0.1) is 11.3 Å². The van der Waals surface area contributed by atoms with Gasteiger partial charge in [-0.2, -0.15) is 5.26 Å². The second-order valence-corrected chi connectivity index (χ2v) is 3.75. The SMILES string of the molecule is N#Cc1ccccc1CNCCn1ccnc1. The zero-order chi connectivity index (χ0) is 11.9. The van der Waals surface area contributed by atoms with E-state index in [1.165, 1.54) is 0 Å². The Labute approximate surface area is 101 Å². The lowest BCUT2D eigenvalue weighted by Crippen LogP contribution is -2.19. The molecule has 0 aliphatic rings. The zero-order valence-corrected chi connectivity index (χ0v) is 9.50. The molecule has 4 nitrogen and oxygen atoms in total. The van der Waals surface area contributed by atoms with E-state index >= 15 is 0 Å². The summed E-state index contributed by atoms with van der Waals surface area (Å²) < 4.78 is 2.02. The molecule has 0 saturated heterocycles. The summed E-state index contributed by atoms with van der Waals surface area (Å²) in [5.74, 6) is 0. The van der Waals surface area contributed by atoms with Crippen molar-refractivity contribution in [1.29, 1.82) is 5.26 Å². The van der Waals surface area contributed by atoms with Gasteiger partial charge in [0.25, 0.3) is 0 Å². The van der Waals surface area contributed by atoms with Gasteiger partial charge in [-0.1, -0.05) is 18.2 Å². The summed E-state index contributed by atoms with van der Waals surface area (Å²) in [7, 11) is 0. The zero-order valence-electron chi connectivity index (χ0n) is 9.50. The predicted molar refractivity (Wildman–Crippen MR) is 65.1 cm³/mol. The normalized spacial score (nSPS) is 10.1. The van der Waals surface area contributed by atoms with Crippen molar-refractivity contribution in [1.82, 2.24) is 14.9 Å². The summed E-state index contributed by atoms with van der Waals surface area (Å²) in [5.41, 5.74) is 1.78. The molecule has 1 aromatic carbocycles. The number of aromatic nitrogens is 2. The van der Waals surface area contributed by atoms with E-state index in [-0.39, 0.29) is 0 Å². The van der Waals surface area contributed by atoms with Gasteiger partial charge in [0.2, 0.25) is 0 Å². The van der Waals surface area contributed by atoms with Gasteiger partial charge in [0.05, 0.1) is 18.0 Å². The van der Waals surface area contributed by atoms with E-state index in [0.717, 1.165) is 30.8 Å². The van der Waals surface area contributed by atoms with Crippen LogP contribution in [0.3, 0.4) is 0 Å². The van der Waals surface area contributed by atoms with Crippen molar-refractivity contribution in [3.05, 3.63) is 54.1 Å². The first-order valence-electron chi connectivity index (χ1n) is 5.54. The lowest BCUT2D eigenvalue weighted by atomic mass is 10.1. The maximum absolute atomic E-state index is 8.94. The minimum Gasteiger partial charge on any atom is -0.336 e. The third-order valence-electron chi connectivity index (χ3n) is 2.56. The van der Waals surface area contributed by atoms with Crippen molar-refractivity contribution in [2.75, 3.05) is 6.54 Å². The first-order chi connectivity index (χ1) is 8.40. The molecule has 1 aromatic heterocycles. The van der Waals surface area contributed by atoms with Gasteiger partial charge in [-0.3, -0.25) is 0 Å². The lowest BCUT2D eigenvalue weighted by Gasteiger charge is -2.06. The molecule has 4 heteroatoms.